The fraction of sp³-hybridized carbons (Fsp3) is 0.333. The van der Waals surface area contributed by atoms with Gasteiger partial charge in [-0.3, -0.25) is 0 Å². The van der Waals surface area contributed by atoms with Crippen LogP contribution < -0.4 is 4.74 Å². The molecule has 1 N–H and O–H groups in total. The van der Waals surface area contributed by atoms with Crippen molar-refractivity contribution < 1.29 is 9.84 Å². The summed E-state index contributed by atoms with van der Waals surface area (Å²) in [4.78, 5) is 7.83. The summed E-state index contributed by atoms with van der Waals surface area (Å²) in [7, 11) is 1.52. The van der Waals surface area contributed by atoms with Crippen LogP contribution in [-0.4, -0.2) is 28.3 Å². The molecular formula is C9H10N2O2. The molecule has 0 saturated heterocycles. The number of rotatable bonds is 1. The summed E-state index contributed by atoms with van der Waals surface area (Å²) < 4.78 is 4.88. The number of hydrogen-bond donors (Lipinski definition) is 1. The van der Waals surface area contributed by atoms with Crippen LogP contribution in [0.5, 0.6) is 5.88 Å². The fourth-order valence-corrected chi connectivity index (χ4v) is 0.685. The lowest BCUT2D eigenvalue weighted by Gasteiger charge is -1.96. The molecule has 4 nitrogen and oxygen atoms in total. The summed E-state index contributed by atoms with van der Waals surface area (Å²) in [5.74, 6) is 5.96. The van der Waals surface area contributed by atoms with E-state index in [0.29, 0.717) is 11.7 Å². The van der Waals surface area contributed by atoms with Gasteiger partial charge in [0.05, 0.1) is 7.11 Å². The number of ether oxygens (including phenoxy) is 1. The molecule has 0 amide bonds. The van der Waals surface area contributed by atoms with E-state index < -0.39 is 6.10 Å². The Balaban J connectivity index is 2.85. The molecule has 13 heavy (non-hydrogen) atoms. The second-order valence-electron chi connectivity index (χ2n) is 2.37. The van der Waals surface area contributed by atoms with Crippen molar-refractivity contribution in [2.24, 2.45) is 0 Å². The fourth-order valence-electron chi connectivity index (χ4n) is 0.685. The number of hydrogen-bond acceptors (Lipinski definition) is 4. The molecule has 0 saturated carbocycles. The highest BCUT2D eigenvalue weighted by Gasteiger charge is 1.94. The molecule has 0 aliphatic rings. The maximum absolute atomic E-state index is 8.88. The van der Waals surface area contributed by atoms with Crippen molar-refractivity contribution in [3.63, 3.8) is 0 Å². The molecule has 0 spiro atoms. The van der Waals surface area contributed by atoms with E-state index in [1.165, 1.54) is 7.11 Å². The minimum atomic E-state index is -0.671. The first-order valence-corrected chi connectivity index (χ1v) is 3.79. The van der Waals surface area contributed by atoms with Crippen LogP contribution in [0.3, 0.4) is 0 Å². The van der Waals surface area contributed by atoms with Gasteiger partial charge in [-0.05, 0) is 12.8 Å². The molecule has 1 atom stereocenters. The van der Waals surface area contributed by atoms with Crippen molar-refractivity contribution >= 4 is 0 Å². The topological polar surface area (TPSA) is 55.2 Å². The summed E-state index contributed by atoms with van der Waals surface area (Å²) >= 11 is 0. The normalized spacial score (nSPS) is 11.3. The highest BCUT2D eigenvalue weighted by Crippen LogP contribution is 2.02. The Labute approximate surface area is 76.6 Å². The Morgan fingerprint density at radius 2 is 2.38 bits per heavy atom. The molecule has 0 radical (unpaired) electrons. The van der Waals surface area contributed by atoms with E-state index in [1.54, 1.807) is 19.2 Å². The van der Waals surface area contributed by atoms with Gasteiger partial charge in [0.25, 0.3) is 0 Å². The molecule has 1 heterocycles. The maximum Gasteiger partial charge on any atom is 0.217 e. The average Bonchev–Trinajstić information content (AvgIpc) is 2.15. The second kappa shape index (κ2) is 4.43. The number of methoxy groups -OCH3 is 1. The number of nitrogens with zero attached hydrogens (tertiary/aromatic N) is 2. The van der Waals surface area contributed by atoms with Gasteiger partial charge in [0.2, 0.25) is 11.7 Å². The van der Waals surface area contributed by atoms with Gasteiger partial charge >= 0.3 is 0 Å². The van der Waals surface area contributed by atoms with Gasteiger partial charge in [0.15, 0.2) is 0 Å². The third-order valence-corrected chi connectivity index (χ3v) is 1.23. The van der Waals surface area contributed by atoms with E-state index >= 15 is 0 Å². The third-order valence-electron chi connectivity index (χ3n) is 1.23. The Morgan fingerprint density at radius 3 is 3.00 bits per heavy atom. The van der Waals surface area contributed by atoms with E-state index in [0.717, 1.165) is 0 Å². The van der Waals surface area contributed by atoms with E-state index in [9.17, 15) is 0 Å². The van der Waals surface area contributed by atoms with Gasteiger partial charge in [0, 0.05) is 12.3 Å². The largest absolute Gasteiger partial charge is 0.481 e. The summed E-state index contributed by atoms with van der Waals surface area (Å²) in [6, 6.07) is 1.63. The Kier molecular flexibility index (Phi) is 3.23. The monoisotopic (exact) mass is 178 g/mol. The predicted molar refractivity (Wildman–Crippen MR) is 47.1 cm³/mol. The van der Waals surface area contributed by atoms with Crippen LogP contribution in [0.25, 0.3) is 0 Å². The predicted octanol–water partition coefficient (Wildman–Crippen LogP) is 0.217. The maximum atomic E-state index is 8.88. The smallest absolute Gasteiger partial charge is 0.217 e. The third kappa shape index (κ3) is 3.09. The molecule has 0 fully saturated rings. The first-order chi connectivity index (χ1) is 6.22. The van der Waals surface area contributed by atoms with Crippen molar-refractivity contribution in [2.45, 2.75) is 13.0 Å². The Hall–Kier alpha value is -1.60. The van der Waals surface area contributed by atoms with Gasteiger partial charge < -0.3 is 9.84 Å². The zero-order chi connectivity index (χ0) is 9.68. The van der Waals surface area contributed by atoms with Crippen molar-refractivity contribution in [1.29, 1.82) is 0 Å². The number of aliphatic hydroxyl groups excluding tert-OH is 1. The van der Waals surface area contributed by atoms with Gasteiger partial charge in [-0.25, -0.2) is 4.98 Å². The SMILES string of the molecule is COc1ccnc(C#C[C@H](C)O)n1. The van der Waals surface area contributed by atoms with Crippen LogP contribution in [0, 0.1) is 11.8 Å². The van der Waals surface area contributed by atoms with Crippen LogP contribution in [0.2, 0.25) is 0 Å². The van der Waals surface area contributed by atoms with Gasteiger partial charge in [0.1, 0.15) is 6.10 Å². The molecule has 1 aromatic heterocycles. The van der Waals surface area contributed by atoms with E-state index in [2.05, 4.69) is 21.8 Å². The summed E-state index contributed by atoms with van der Waals surface area (Å²) in [6.45, 7) is 1.58. The molecule has 0 unspecified atom stereocenters. The van der Waals surface area contributed by atoms with Crippen LogP contribution in [0.4, 0.5) is 0 Å². The Bertz CT molecular complexity index is 339. The lowest BCUT2D eigenvalue weighted by molar-refractivity contribution is 0.253. The Morgan fingerprint density at radius 1 is 1.62 bits per heavy atom. The molecule has 0 bridgehead atoms. The first-order valence-electron chi connectivity index (χ1n) is 3.79. The first kappa shape index (κ1) is 9.49. The van der Waals surface area contributed by atoms with Crippen LogP contribution in [0.1, 0.15) is 12.7 Å². The highest BCUT2D eigenvalue weighted by molar-refractivity contribution is 5.24. The van der Waals surface area contributed by atoms with Crippen LogP contribution >= 0.6 is 0 Å². The molecule has 4 heteroatoms. The summed E-state index contributed by atoms with van der Waals surface area (Å²) in [5.41, 5.74) is 0. The quantitative estimate of drug-likeness (QED) is 0.625. The molecule has 68 valence electrons. The zero-order valence-electron chi connectivity index (χ0n) is 7.48. The van der Waals surface area contributed by atoms with E-state index in [4.69, 9.17) is 9.84 Å². The van der Waals surface area contributed by atoms with E-state index in [-0.39, 0.29) is 0 Å². The molecule has 0 aromatic carbocycles. The average molecular weight is 178 g/mol. The standard InChI is InChI=1S/C9H10N2O2/c1-7(12)3-4-8-10-6-5-9(11-8)13-2/h5-7,12H,1-2H3/t7-/m0/s1. The minimum Gasteiger partial charge on any atom is -0.481 e. The van der Waals surface area contributed by atoms with E-state index in [1.807, 2.05) is 0 Å². The number of aliphatic hydroxyl groups is 1. The molecule has 1 rings (SSSR count). The van der Waals surface area contributed by atoms with Crippen molar-refractivity contribution in [1.82, 2.24) is 9.97 Å². The van der Waals surface area contributed by atoms with Crippen LogP contribution in [-0.2, 0) is 0 Å². The second-order valence-corrected chi connectivity index (χ2v) is 2.37. The van der Waals surface area contributed by atoms with Crippen molar-refractivity contribution in [3.05, 3.63) is 18.1 Å². The molecule has 0 aliphatic heterocycles. The van der Waals surface area contributed by atoms with Crippen molar-refractivity contribution in [3.8, 4) is 17.7 Å². The molecule has 1 aromatic rings. The van der Waals surface area contributed by atoms with Crippen LogP contribution in [0.15, 0.2) is 12.3 Å². The lowest BCUT2D eigenvalue weighted by Crippen LogP contribution is -1.96. The zero-order valence-corrected chi connectivity index (χ0v) is 7.48. The summed E-state index contributed by atoms with van der Waals surface area (Å²) in [5, 5.41) is 8.88. The van der Waals surface area contributed by atoms with Gasteiger partial charge in [-0.15, -0.1) is 0 Å². The molecular weight excluding hydrogens is 168 g/mol. The minimum absolute atomic E-state index is 0.347. The highest BCUT2D eigenvalue weighted by atomic mass is 16.5. The lowest BCUT2D eigenvalue weighted by atomic mass is 10.4. The number of aromatic nitrogens is 2. The molecule has 0 aliphatic carbocycles. The van der Waals surface area contributed by atoms with Gasteiger partial charge in [-0.1, -0.05) is 5.92 Å². The summed E-state index contributed by atoms with van der Waals surface area (Å²) in [6.07, 6.45) is 0.882. The van der Waals surface area contributed by atoms with Gasteiger partial charge in [-0.2, -0.15) is 4.98 Å². The van der Waals surface area contributed by atoms with Crippen molar-refractivity contribution in [2.75, 3.05) is 7.11 Å².